The van der Waals surface area contributed by atoms with Crippen molar-refractivity contribution in [2.24, 2.45) is 0 Å². The first-order chi connectivity index (χ1) is 13.5. The Labute approximate surface area is 174 Å². The van der Waals surface area contributed by atoms with Gasteiger partial charge in [0.05, 0.1) is 6.54 Å². The molecule has 5 nitrogen and oxygen atoms in total. The number of aliphatic hydroxyl groups is 1. The highest BCUT2D eigenvalue weighted by atomic mass is 35.5. The number of benzene rings is 2. The van der Waals surface area contributed by atoms with E-state index in [1.165, 1.54) is 42.5 Å². The van der Waals surface area contributed by atoms with Crippen molar-refractivity contribution in [2.75, 3.05) is 18.4 Å². The molecule has 0 spiro atoms. The predicted molar refractivity (Wildman–Crippen MR) is 102 cm³/mol. The Morgan fingerprint density at radius 1 is 1.03 bits per heavy atom. The van der Waals surface area contributed by atoms with Crippen molar-refractivity contribution in [1.29, 1.82) is 0 Å². The third-order valence-electron chi connectivity index (χ3n) is 4.58. The minimum Gasteiger partial charge on any atom is -0.379 e. The molecule has 29 heavy (non-hydrogen) atoms. The molecule has 1 saturated heterocycles. The molecule has 1 aliphatic heterocycles. The lowest BCUT2D eigenvalue weighted by Gasteiger charge is -2.25. The van der Waals surface area contributed by atoms with Crippen LogP contribution in [-0.2, 0) is 0 Å². The molecule has 0 aliphatic carbocycles. The topological polar surface area (TPSA) is 69.6 Å². The summed E-state index contributed by atoms with van der Waals surface area (Å²) in [6, 6.07) is 10.0. The Morgan fingerprint density at radius 3 is 2.14 bits per heavy atom. The first-order valence-corrected chi connectivity index (χ1v) is 9.20. The van der Waals surface area contributed by atoms with Gasteiger partial charge in [0.15, 0.2) is 5.60 Å². The van der Waals surface area contributed by atoms with E-state index in [-0.39, 0.29) is 17.7 Å². The lowest BCUT2D eigenvalue weighted by Crippen LogP contribution is -2.48. The van der Waals surface area contributed by atoms with E-state index in [1.54, 1.807) is 0 Å². The summed E-state index contributed by atoms with van der Waals surface area (Å²) in [4.78, 5) is 25.6. The first kappa shape index (κ1) is 21.4. The summed E-state index contributed by atoms with van der Waals surface area (Å²) >= 11 is 11.7. The second-order valence-electron chi connectivity index (χ2n) is 6.70. The van der Waals surface area contributed by atoms with Crippen LogP contribution < -0.4 is 5.32 Å². The largest absolute Gasteiger partial charge is 0.419 e. The molecule has 10 heteroatoms. The minimum absolute atomic E-state index is 0.139. The molecular weight excluding hydrogens is 432 g/mol. The molecule has 0 radical (unpaired) electrons. The Balaban J connectivity index is 1.67. The molecule has 1 heterocycles. The smallest absolute Gasteiger partial charge is 0.379 e. The fourth-order valence-corrected chi connectivity index (χ4v) is 3.49. The summed E-state index contributed by atoms with van der Waals surface area (Å²) in [5, 5.41) is 12.9. The average molecular weight is 447 g/mol. The Bertz CT molecular complexity index is 930. The normalized spacial score (nSPS) is 19.3. The Morgan fingerprint density at radius 2 is 1.62 bits per heavy atom. The molecule has 2 N–H and O–H groups in total. The highest BCUT2D eigenvalue weighted by Crippen LogP contribution is 2.38. The number of halogens is 5. The van der Waals surface area contributed by atoms with Gasteiger partial charge in [0.25, 0.3) is 11.8 Å². The van der Waals surface area contributed by atoms with E-state index >= 15 is 0 Å². The van der Waals surface area contributed by atoms with E-state index in [4.69, 9.17) is 23.2 Å². The quantitative estimate of drug-likeness (QED) is 0.734. The van der Waals surface area contributed by atoms with Gasteiger partial charge >= 0.3 is 6.18 Å². The van der Waals surface area contributed by atoms with Gasteiger partial charge in [0.2, 0.25) is 0 Å². The molecule has 3 rings (SSSR count). The van der Waals surface area contributed by atoms with E-state index < -0.39 is 36.6 Å². The summed E-state index contributed by atoms with van der Waals surface area (Å²) in [5.41, 5.74) is -2.14. The highest BCUT2D eigenvalue weighted by Gasteiger charge is 2.57. The first-order valence-electron chi connectivity index (χ1n) is 8.44. The molecule has 2 amide bonds. The molecule has 154 valence electrons. The zero-order valence-electron chi connectivity index (χ0n) is 14.8. The molecular formula is C19H15Cl2F3N2O3. The average Bonchev–Trinajstić information content (AvgIpc) is 3.04. The van der Waals surface area contributed by atoms with Crippen LogP contribution in [0.1, 0.15) is 27.1 Å². The predicted octanol–water partition coefficient (Wildman–Crippen LogP) is 4.39. The summed E-state index contributed by atoms with van der Waals surface area (Å²) in [6.45, 7) is -1.02. The van der Waals surface area contributed by atoms with E-state index in [2.05, 4.69) is 5.32 Å². The fraction of sp³-hybridized carbons (Fsp3) is 0.263. The fourth-order valence-electron chi connectivity index (χ4n) is 2.97. The molecule has 2 aromatic carbocycles. The van der Waals surface area contributed by atoms with Gasteiger partial charge in [-0.3, -0.25) is 9.59 Å². The van der Waals surface area contributed by atoms with Crippen LogP contribution in [0, 0.1) is 0 Å². The summed E-state index contributed by atoms with van der Waals surface area (Å²) in [5.74, 6) is -1.10. The number of carbonyl (C=O) groups excluding carboxylic acids is 2. The van der Waals surface area contributed by atoms with Gasteiger partial charge in [-0.25, -0.2) is 0 Å². The number of rotatable bonds is 3. The van der Waals surface area contributed by atoms with Crippen LogP contribution in [0.5, 0.6) is 0 Å². The number of nitrogens with zero attached hydrogens (tertiary/aromatic N) is 1. The maximum absolute atomic E-state index is 12.9. The van der Waals surface area contributed by atoms with Crippen molar-refractivity contribution in [2.45, 2.75) is 18.2 Å². The molecule has 0 bridgehead atoms. The number of hydrogen-bond acceptors (Lipinski definition) is 3. The molecule has 1 unspecified atom stereocenters. The second kappa shape index (κ2) is 7.85. The van der Waals surface area contributed by atoms with Crippen molar-refractivity contribution < 1.29 is 27.9 Å². The summed E-state index contributed by atoms with van der Waals surface area (Å²) in [7, 11) is 0. The number of nitrogens with one attached hydrogen (secondary N) is 1. The third-order valence-corrected chi connectivity index (χ3v) is 5.01. The number of β-amino-alcohol motifs (C(OH)–C–C–N with tert-alkyl or cyclic N) is 1. The van der Waals surface area contributed by atoms with Gasteiger partial charge in [0, 0.05) is 39.8 Å². The van der Waals surface area contributed by atoms with Crippen LogP contribution in [-0.4, -0.2) is 46.7 Å². The van der Waals surface area contributed by atoms with Crippen LogP contribution in [0.2, 0.25) is 10.0 Å². The number of likely N-dealkylation sites (tertiary alicyclic amines) is 1. The minimum atomic E-state index is -4.81. The van der Waals surface area contributed by atoms with Crippen molar-refractivity contribution >= 4 is 40.7 Å². The van der Waals surface area contributed by atoms with Crippen LogP contribution in [0.4, 0.5) is 18.9 Å². The SMILES string of the molecule is O=C(Nc1ccc(C(=O)N2CCC(O)(C(F)(F)F)C2)cc1)c1cc(Cl)cc(Cl)c1. The van der Waals surface area contributed by atoms with Crippen LogP contribution in [0.25, 0.3) is 0 Å². The summed E-state index contributed by atoms with van der Waals surface area (Å²) < 4.78 is 38.7. The van der Waals surface area contributed by atoms with Gasteiger partial charge < -0.3 is 15.3 Å². The zero-order valence-corrected chi connectivity index (χ0v) is 16.3. The van der Waals surface area contributed by atoms with E-state index in [0.29, 0.717) is 15.7 Å². The van der Waals surface area contributed by atoms with E-state index in [1.807, 2.05) is 0 Å². The van der Waals surface area contributed by atoms with Gasteiger partial charge in [-0.2, -0.15) is 13.2 Å². The molecule has 2 aromatic rings. The maximum Gasteiger partial charge on any atom is 0.419 e. The number of carbonyl (C=O) groups is 2. The second-order valence-corrected chi connectivity index (χ2v) is 7.57. The lowest BCUT2D eigenvalue weighted by molar-refractivity contribution is -0.253. The van der Waals surface area contributed by atoms with Crippen LogP contribution in [0.3, 0.4) is 0 Å². The van der Waals surface area contributed by atoms with Crippen LogP contribution >= 0.6 is 23.2 Å². The molecule has 0 aromatic heterocycles. The zero-order chi connectivity index (χ0) is 21.4. The standard InChI is InChI=1S/C19H15Cl2F3N2O3/c20-13-7-12(8-14(21)9-13)16(27)25-15-3-1-11(2-4-15)17(28)26-6-5-18(29,10-26)19(22,23)24/h1-4,7-9,29H,5-6,10H2,(H,25,27). The van der Waals surface area contributed by atoms with Crippen molar-refractivity contribution in [3.8, 4) is 0 Å². The molecule has 1 fully saturated rings. The molecule has 1 atom stereocenters. The third kappa shape index (κ3) is 4.66. The van der Waals surface area contributed by atoms with Crippen molar-refractivity contribution in [3.05, 3.63) is 63.6 Å². The number of alkyl halides is 3. The monoisotopic (exact) mass is 446 g/mol. The van der Waals surface area contributed by atoms with Gasteiger partial charge in [-0.15, -0.1) is 0 Å². The summed E-state index contributed by atoms with van der Waals surface area (Å²) in [6.07, 6.45) is -5.38. The van der Waals surface area contributed by atoms with Gasteiger partial charge in [-0.1, -0.05) is 23.2 Å². The number of hydrogen-bond donors (Lipinski definition) is 2. The molecule has 0 saturated carbocycles. The maximum atomic E-state index is 12.9. The number of amides is 2. The Hall–Kier alpha value is -2.29. The van der Waals surface area contributed by atoms with E-state index in [0.717, 1.165) is 4.90 Å². The number of anilines is 1. The van der Waals surface area contributed by atoms with Crippen LogP contribution in [0.15, 0.2) is 42.5 Å². The highest BCUT2D eigenvalue weighted by molar-refractivity contribution is 6.35. The molecule has 1 aliphatic rings. The lowest BCUT2D eigenvalue weighted by atomic mass is 10.0. The van der Waals surface area contributed by atoms with Gasteiger partial charge in [0.1, 0.15) is 0 Å². The Kier molecular flexibility index (Phi) is 5.80. The van der Waals surface area contributed by atoms with Crippen molar-refractivity contribution in [1.82, 2.24) is 4.90 Å². The van der Waals surface area contributed by atoms with Crippen molar-refractivity contribution in [3.63, 3.8) is 0 Å². The van der Waals surface area contributed by atoms with E-state index in [9.17, 15) is 27.9 Å². The van der Waals surface area contributed by atoms with Gasteiger partial charge in [-0.05, 0) is 42.5 Å².